The lowest BCUT2D eigenvalue weighted by Crippen LogP contribution is -2.54. The Morgan fingerprint density at radius 3 is 2.66 bits per heavy atom. The second-order valence-electron chi connectivity index (χ2n) is 6.53. The van der Waals surface area contributed by atoms with Crippen molar-refractivity contribution in [2.75, 3.05) is 40.3 Å². The second-order valence-corrected chi connectivity index (χ2v) is 7.45. The average molecular weight is 481 g/mol. The molecule has 13 heteroatoms. The fourth-order valence-corrected chi connectivity index (χ4v) is 3.00. The third-order valence-electron chi connectivity index (χ3n) is 4.32. The highest BCUT2D eigenvalue weighted by Crippen LogP contribution is 2.18. The standard InChI is InChI=1S/C14H19BrN6O.C2HF3O2/c1-20-3-4-21(2)10(8-20)7-17-14(22)12-11-5-9(15)6-16-13(11)19-18-12;3-2(4,5)1(6)7/h5-6,10H,3-4,7-8H2,1-2H3,(H,17,22)(H,16,18,19);(H,6,7). The Balaban J connectivity index is 0.000000370. The Labute approximate surface area is 172 Å². The lowest BCUT2D eigenvalue weighted by Gasteiger charge is -2.37. The number of aromatic amines is 1. The highest BCUT2D eigenvalue weighted by molar-refractivity contribution is 9.10. The van der Waals surface area contributed by atoms with Crippen LogP contribution in [-0.2, 0) is 4.79 Å². The van der Waals surface area contributed by atoms with Crippen LogP contribution in [0, 0.1) is 0 Å². The summed E-state index contributed by atoms with van der Waals surface area (Å²) in [4.78, 5) is 30.0. The fraction of sp³-hybridized carbons (Fsp3) is 0.500. The number of fused-ring (bicyclic) bond motifs is 1. The second kappa shape index (κ2) is 9.50. The summed E-state index contributed by atoms with van der Waals surface area (Å²) in [6, 6.07) is 2.17. The van der Waals surface area contributed by atoms with E-state index in [4.69, 9.17) is 9.90 Å². The highest BCUT2D eigenvalue weighted by atomic mass is 79.9. The molecule has 1 amide bonds. The summed E-state index contributed by atoms with van der Waals surface area (Å²) in [5.74, 6) is -2.91. The third kappa shape index (κ3) is 6.37. The van der Waals surface area contributed by atoms with Gasteiger partial charge < -0.3 is 15.3 Å². The van der Waals surface area contributed by atoms with Crippen LogP contribution >= 0.6 is 15.9 Å². The molecule has 29 heavy (non-hydrogen) atoms. The third-order valence-corrected chi connectivity index (χ3v) is 4.76. The smallest absolute Gasteiger partial charge is 0.475 e. The first-order chi connectivity index (χ1) is 13.5. The van der Waals surface area contributed by atoms with E-state index >= 15 is 0 Å². The van der Waals surface area contributed by atoms with Gasteiger partial charge in [0.25, 0.3) is 5.91 Å². The molecular weight excluding hydrogens is 461 g/mol. The Morgan fingerprint density at radius 2 is 2.03 bits per heavy atom. The predicted molar refractivity (Wildman–Crippen MR) is 102 cm³/mol. The number of nitrogens with one attached hydrogen (secondary N) is 2. The summed E-state index contributed by atoms with van der Waals surface area (Å²) in [5.41, 5.74) is 0.999. The van der Waals surface area contributed by atoms with Crippen molar-refractivity contribution in [3.63, 3.8) is 0 Å². The molecule has 3 heterocycles. The molecule has 1 aliphatic heterocycles. The summed E-state index contributed by atoms with van der Waals surface area (Å²) < 4.78 is 32.6. The van der Waals surface area contributed by atoms with Crippen LogP contribution in [0.1, 0.15) is 10.5 Å². The number of halogens is 4. The summed E-state index contributed by atoms with van der Waals surface area (Å²) >= 11 is 3.37. The van der Waals surface area contributed by atoms with Crippen molar-refractivity contribution in [3.05, 3.63) is 22.4 Å². The zero-order valence-electron chi connectivity index (χ0n) is 15.6. The van der Waals surface area contributed by atoms with Gasteiger partial charge in [-0.3, -0.25) is 14.8 Å². The highest BCUT2D eigenvalue weighted by Gasteiger charge is 2.38. The summed E-state index contributed by atoms with van der Waals surface area (Å²) in [6.07, 6.45) is -3.42. The van der Waals surface area contributed by atoms with Gasteiger partial charge in [0.05, 0.1) is 5.39 Å². The molecule has 2 aromatic rings. The van der Waals surface area contributed by atoms with Gasteiger partial charge in [-0.2, -0.15) is 18.3 Å². The largest absolute Gasteiger partial charge is 0.490 e. The number of hydrogen-bond donors (Lipinski definition) is 3. The van der Waals surface area contributed by atoms with E-state index in [-0.39, 0.29) is 5.91 Å². The number of hydrogen-bond acceptors (Lipinski definition) is 6. The van der Waals surface area contributed by atoms with Crippen LogP contribution in [0.25, 0.3) is 11.0 Å². The van der Waals surface area contributed by atoms with Crippen molar-refractivity contribution in [3.8, 4) is 0 Å². The molecule has 1 aliphatic rings. The van der Waals surface area contributed by atoms with Gasteiger partial charge in [-0.1, -0.05) is 0 Å². The number of likely N-dealkylation sites (N-methyl/N-ethyl adjacent to an activating group) is 2. The van der Waals surface area contributed by atoms with Crippen molar-refractivity contribution in [1.29, 1.82) is 0 Å². The molecule has 0 spiro atoms. The number of alkyl halides is 3. The van der Waals surface area contributed by atoms with E-state index in [2.05, 4.69) is 60.3 Å². The van der Waals surface area contributed by atoms with Crippen molar-refractivity contribution in [2.24, 2.45) is 0 Å². The maximum atomic E-state index is 12.4. The Hall–Kier alpha value is -2.25. The van der Waals surface area contributed by atoms with Gasteiger partial charge in [-0.05, 0) is 36.1 Å². The molecule has 2 aromatic heterocycles. The average Bonchev–Trinajstić information content (AvgIpc) is 3.05. The summed E-state index contributed by atoms with van der Waals surface area (Å²) in [5, 5.41) is 17.7. The van der Waals surface area contributed by atoms with Crippen molar-refractivity contribution >= 4 is 38.8 Å². The number of piperazine rings is 1. The molecule has 3 N–H and O–H groups in total. The van der Waals surface area contributed by atoms with Gasteiger partial charge in [0.1, 0.15) is 5.69 Å². The van der Waals surface area contributed by atoms with Gasteiger partial charge in [0.2, 0.25) is 0 Å². The minimum Gasteiger partial charge on any atom is -0.475 e. The molecule has 0 bridgehead atoms. The lowest BCUT2D eigenvalue weighted by atomic mass is 10.2. The quantitative estimate of drug-likeness (QED) is 0.606. The predicted octanol–water partition coefficient (Wildman–Crippen LogP) is 1.33. The summed E-state index contributed by atoms with van der Waals surface area (Å²) in [7, 11) is 4.20. The molecule has 9 nitrogen and oxygen atoms in total. The monoisotopic (exact) mass is 480 g/mol. The number of aromatic nitrogens is 3. The van der Waals surface area contributed by atoms with Crippen LogP contribution in [0.2, 0.25) is 0 Å². The molecule has 1 atom stereocenters. The number of carboxylic acid groups (broad SMARTS) is 1. The Morgan fingerprint density at radius 1 is 1.38 bits per heavy atom. The Kier molecular flexibility index (Phi) is 7.54. The number of amides is 1. The molecular formula is C16H20BrF3N6O3. The van der Waals surface area contributed by atoms with Crippen LogP contribution in [0.15, 0.2) is 16.7 Å². The number of carbonyl (C=O) groups excluding carboxylic acids is 1. The van der Waals surface area contributed by atoms with Crippen LogP contribution in [0.4, 0.5) is 13.2 Å². The minimum absolute atomic E-state index is 0.149. The molecule has 0 radical (unpaired) electrons. The first kappa shape index (κ1) is 23.0. The number of pyridine rings is 1. The van der Waals surface area contributed by atoms with Crippen molar-refractivity contribution in [2.45, 2.75) is 12.2 Å². The number of carbonyl (C=O) groups is 2. The van der Waals surface area contributed by atoms with Crippen LogP contribution < -0.4 is 5.32 Å². The minimum atomic E-state index is -5.08. The fourth-order valence-electron chi connectivity index (χ4n) is 2.67. The van der Waals surface area contributed by atoms with Crippen LogP contribution in [0.5, 0.6) is 0 Å². The maximum absolute atomic E-state index is 12.4. The van der Waals surface area contributed by atoms with Gasteiger partial charge in [0.15, 0.2) is 5.65 Å². The SMILES string of the molecule is CN1CCN(C)C(CNC(=O)c2[nH]nc3ncc(Br)cc23)C1.O=C(O)C(F)(F)F. The maximum Gasteiger partial charge on any atom is 0.490 e. The number of nitrogens with zero attached hydrogens (tertiary/aromatic N) is 4. The van der Waals surface area contributed by atoms with Crippen LogP contribution in [-0.4, -0.2) is 94.5 Å². The normalized spacial score (nSPS) is 18.2. The Bertz CT molecular complexity index is 875. The molecule has 1 unspecified atom stereocenters. The van der Waals surface area contributed by atoms with E-state index in [0.29, 0.717) is 23.9 Å². The number of H-pyrrole nitrogens is 1. The molecule has 160 valence electrons. The molecule has 3 rings (SSSR count). The number of carboxylic acids is 1. The van der Waals surface area contributed by atoms with E-state index in [1.54, 1.807) is 6.20 Å². The summed E-state index contributed by atoms with van der Waals surface area (Å²) in [6.45, 7) is 3.64. The molecule has 0 saturated carbocycles. The first-order valence-corrected chi connectivity index (χ1v) is 9.25. The molecule has 0 aliphatic carbocycles. The molecule has 1 fully saturated rings. The van der Waals surface area contributed by atoms with E-state index in [1.807, 2.05) is 6.07 Å². The zero-order valence-corrected chi connectivity index (χ0v) is 17.2. The first-order valence-electron chi connectivity index (χ1n) is 8.45. The molecule has 0 aromatic carbocycles. The zero-order chi connectivity index (χ0) is 21.8. The van der Waals surface area contributed by atoms with Gasteiger partial charge in [0, 0.05) is 42.9 Å². The van der Waals surface area contributed by atoms with Gasteiger partial charge >= 0.3 is 12.1 Å². The van der Waals surface area contributed by atoms with Crippen molar-refractivity contribution in [1.82, 2.24) is 30.3 Å². The van der Waals surface area contributed by atoms with Gasteiger partial charge in [-0.15, -0.1) is 0 Å². The van der Waals surface area contributed by atoms with Crippen LogP contribution in [0.3, 0.4) is 0 Å². The molecule has 1 saturated heterocycles. The van der Waals surface area contributed by atoms with Gasteiger partial charge in [-0.25, -0.2) is 9.78 Å². The van der Waals surface area contributed by atoms with Crippen molar-refractivity contribution < 1.29 is 27.9 Å². The van der Waals surface area contributed by atoms with E-state index in [1.165, 1.54) is 0 Å². The number of rotatable bonds is 3. The van der Waals surface area contributed by atoms with E-state index < -0.39 is 12.1 Å². The topological polar surface area (TPSA) is 114 Å². The number of aliphatic carboxylic acids is 1. The lowest BCUT2D eigenvalue weighted by molar-refractivity contribution is -0.192. The van der Waals surface area contributed by atoms with E-state index in [0.717, 1.165) is 29.5 Å². The van der Waals surface area contributed by atoms with E-state index in [9.17, 15) is 18.0 Å².